The second-order valence-electron chi connectivity index (χ2n) is 9.16. The molecule has 1 aliphatic heterocycles. The number of hydroxylamine groups is 2. The molecular formula is C25H37N5O7S. The van der Waals surface area contributed by atoms with Crippen molar-refractivity contribution < 1.29 is 33.1 Å². The summed E-state index contributed by atoms with van der Waals surface area (Å²) >= 11 is 0. The molecule has 1 saturated heterocycles. The highest BCUT2D eigenvalue weighted by atomic mass is 32.2. The molecule has 1 atom stereocenters. The molecule has 6 N–H and O–H groups in total. The van der Waals surface area contributed by atoms with E-state index in [0.717, 1.165) is 54.1 Å². The number of hydrogen-bond donors (Lipinski definition) is 5. The van der Waals surface area contributed by atoms with Crippen molar-refractivity contribution in [2.75, 3.05) is 35.5 Å². The van der Waals surface area contributed by atoms with E-state index in [1.54, 1.807) is 19.1 Å². The van der Waals surface area contributed by atoms with Gasteiger partial charge in [-0.15, -0.1) is 5.06 Å². The number of piperidine rings is 1. The number of nitrogens with two attached hydrogens (primary N) is 1. The first-order valence-corrected chi connectivity index (χ1v) is 14.0. The van der Waals surface area contributed by atoms with Gasteiger partial charge in [-0.2, -0.15) is 0 Å². The van der Waals surface area contributed by atoms with Crippen molar-refractivity contribution in [3.05, 3.63) is 53.6 Å². The van der Waals surface area contributed by atoms with Crippen molar-refractivity contribution in [1.82, 2.24) is 10.4 Å². The number of carbonyl (C=O) groups is 2. The van der Waals surface area contributed by atoms with Crippen molar-refractivity contribution in [3.8, 4) is 5.75 Å². The van der Waals surface area contributed by atoms with Gasteiger partial charge in [0.2, 0.25) is 10.0 Å². The molecular weight excluding hydrogens is 514 g/mol. The minimum absolute atomic E-state index is 0.0731. The first-order chi connectivity index (χ1) is 17.9. The lowest BCUT2D eigenvalue weighted by Crippen LogP contribution is -2.44. The molecule has 0 bridgehead atoms. The van der Waals surface area contributed by atoms with Crippen LogP contribution in [0.5, 0.6) is 5.75 Å². The van der Waals surface area contributed by atoms with Gasteiger partial charge in [0.15, 0.2) is 0 Å². The van der Waals surface area contributed by atoms with Crippen LogP contribution in [0.1, 0.15) is 30.9 Å². The first kappa shape index (κ1) is 30.7. The number of carbonyl (C=O) groups excluding carboxylic acids is 2. The monoisotopic (exact) mass is 551 g/mol. The number of aryl methyl sites for hydroxylation is 1. The molecule has 1 heterocycles. The third-order valence-corrected chi connectivity index (χ3v) is 6.28. The first-order valence-electron chi connectivity index (χ1n) is 12.1. The second-order valence-corrected chi connectivity index (χ2v) is 10.9. The number of phenols is 1. The van der Waals surface area contributed by atoms with Gasteiger partial charge in [-0.25, -0.2) is 13.2 Å². The van der Waals surface area contributed by atoms with Gasteiger partial charge in [-0.3, -0.25) is 9.52 Å². The number of aliphatic hydroxyl groups excluding tert-OH is 1. The number of phenolic OH excluding ortho intramolecular Hbond substituents is 1. The third-order valence-electron chi connectivity index (χ3n) is 5.69. The van der Waals surface area contributed by atoms with Crippen LogP contribution in [0.25, 0.3) is 0 Å². The van der Waals surface area contributed by atoms with Crippen molar-refractivity contribution in [2.24, 2.45) is 5.73 Å². The molecule has 1 aliphatic rings. The van der Waals surface area contributed by atoms with Gasteiger partial charge in [0.25, 0.3) is 0 Å². The summed E-state index contributed by atoms with van der Waals surface area (Å²) in [5.74, 6) is -0.0731. The molecule has 12 nitrogen and oxygen atoms in total. The standard InChI is InChI=1S/C17H26N4O4.C8H11NO3S/c1-13(23)10-19-15-6-8-20(9-7-15)16-4-2-14(3-5-16)11-21(17(18)24)25-12-22;1-6-3-4-8(10)7(5-6)9-13(2,11)12/h2-5,12-13,15,19,23H,6-11H2,1H3,(H2,18,24);3-5,9-10H,1-2H3. The number of rotatable bonds is 10. The normalized spacial score (nSPS) is 14.6. The topological polar surface area (TPSA) is 175 Å². The highest BCUT2D eigenvalue weighted by molar-refractivity contribution is 7.92. The SMILES string of the molecule is CC(O)CNC1CCN(c2ccc(CN(OC=O)C(N)=O)cc2)CC1.Cc1ccc(O)c(NS(C)(=O)=O)c1. The van der Waals surface area contributed by atoms with Crippen molar-refractivity contribution in [3.63, 3.8) is 0 Å². The van der Waals surface area contributed by atoms with Crippen LogP contribution in [-0.4, -0.2) is 74.2 Å². The molecule has 2 aromatic rings. The number of aliphatic hydroxyl groups is 1. The highest BCUT2D eigenvalue weighted by Gasteiger charge is 2.19. The lowest BCUT2D eigenvalue weighted by Gasteiger charge is -2.34. The molecule has 0 saturated carbocycles. The van der Waals surface area contributed by atoms with E-state index in [1.807, 2.05) is 31.2 Å². The molecule has 1 fully saturated rings. The maximum absolute atomic E-state index is 11.2. The zero-order valence-electron chi connectivity index (χ0n) is 21.8. The van der Waals surface area contributed by atoms with E-state index >= 15 is 0 Å². The van der Waals surface area contributed by atoms with E-state index in [4.69, 9.17) is 5.73 Å². The van der Waals surface area contributed by atoms with E-state index < -0.39 is 16.1 Å². The minimum atomic E-state index is -3.33. The van der Waals surface area contributed by atoms with Crippen LogP contribution in [0.3, 0.4) is 0 Å². The van der Waals surface area contributed by atoms with Crippen LogP contribution >= 0.6 is 0 Å². The maximum atomic E-state index is 11.2. The molecule has 13 heteroatoms. The predicted molar refractivity (Wildman–Crippen MR) is 145 cm³/mol. The number of anilines is 2. The van der Waals surface area contributed by atoms with Gasteiger partial charge in [0, 0.05) is 31.4 Å². The van der Waals surface area contributed by atoms with Crippen LogP contribution in [0.15, 0.2) is 42.5 Å². The minimum Gasteiger partial charge on any atom is -0.506 e. The average Bonchev–Trinajstić information content (AvgIpc) is 2.85. The molecule has 0 spiro atoms. The number of sulfonamides is 1. The fraction of sp³-hybridized carbons (Fsp3) is 0.440. The van der Waals surface area contributed by atoms with Crippen LogP contribution in [-0.2, 0) is 26.2 Å². The van der Waals surface area contributed by atoms with Gasteiger partial charge in [-0.1, -0.05) is 18.2 Å². The summed E-state index contributed by atoms with van der Waals surface area (Å²) in [5, 5.41) is 22.8. The molecule has 38 heavy (non-hydrogen) atoms. The number of nitrogens with one attached hydrogen (secondary N) is 2. The second kappa shape index (κ2) is 14.4. The van der Waals surface area contributed by atoms with Gasteiger partial charge in [0.1, 0.15) is 5.75 Å². The largest absolute Gasteiger partial charge is 0.506 e. The van der Waals surface area contributed by atoms with E-state index in [-0.39, 0.29) is 30.6 Å². The Kier molecular flexibility index (Phi) is 11.6. The Labute approximate surface area is 223 Å². The van der Waals surface area contributed by atoms with Gasteiger partial charge < -0.3 is 31.0 Å². The number of aromatic hydroxyl groups is 1. The van der Waals surface area contributed by atoms with Gasteiger partial charge >= 0.3 is 12.5 Å². The van der Waals surface area contributed by atoms with E-state index in [9.17, 15) is 28.2 Å². The molecule has 3 rings (SSSR count). The summed E-state index contributed by atoms with van der Waals surface area (Å²) in [4.78, 5) is 28.4. The number of urea groups is 1. The van der Waals surface area contributed by atoms with E-state index in [2.05, 4.69) is 19.8 Å². The molecule has 0 aromatic heterocycles. The van der Waals surface area contributed by atoms with E-state index in [0.29, 0.717) is 12.6 Å². The predicted octanol–water partition coefficient (Wildman–Crippen LogP) is 1.67. The zero-order chi connectivity index (χ0) is 28.3. The Morgan fingerprint density at radius 1 is 1.24 bits per heavy atom. The summed E-state index contributed by atoms with van der Waals surface area (Å²) in [6, 6.07) is 12.1. The van der Waals surface area contributed by atoms with Crippen LogP contribution in [0.4, 0.5) is 16.2 Å². The van der Waals surface area contributed by atoms with Gasteiger partial charge in [0.05, 0.1) is 24.6 Å². The number of primary amides is 1. The smallest absolute Gasteiger partial charge is 0.348 e. The van der Waals surface area contributed by atoms with Gasteiger partial charge in [-0.05, 0) is 62.1 Å². The van der Waals surface area contributed by atoms with Crippen LogP contribution in [0.2, 0.25) is 0 Å². The summed E-state index contributed by atoms with van der Waals surface area (Å²) < 4.78 is 23.9. The number of benzene rings is 2. The molecule has 2 aromatic carbocycles. The fourth-order valence-corrected chi connectivity index (χ4v) is 4.37. The van der Waals surface area contributed by atoms with Crippen LogP contribution in [0, 0.1) is 6.92 Å². The Morgan fingerprint density at radius 3 is 2.39 bits per heavy atom. The van der Waals surface area contributed by atoms with Crippen molar-refractivity contribution >= 4 is 33.9 Å². The lowest BCUT2D eigenvalue weighted by atomic mass is 10.0. The zero-order valence-corrected chi connectivity index (χ0v) is 22.6. The fourth-order valence-electron chi connectivity index (χ4n) is 3.81. The molecule has 210 valence electrons. The molecule has 0 aliphatic carbocycles. The number of nitrogens with zero attached hydrogens (tertiary/aromatic N) is 2. The molecule has 2 amide bonds. The quantitative estimate of drug-likeness (QED) is 0.167. The maximum Gasteiger partial charge on any atom is 0.348 e. The number of hydrogen-bond acceptors (Lipinski definition) is 9. The Hall–Kier alpha value is -3.55. The average molecular weight is 552 g/mol. The summed E-state index contributed by atoms with van der Waals surface area (Å²) in [6.45, 7) is 6.39. The van der Waals surface area contributed by atoms with Crippen molar-refractivity contribution in [2.45, 2.75) is 45.4 Å². The molecule has 1 unspecified atom stereocenters. The highest BCUT2D eigenvalue weighted by Crippen LogP contribution is 2.24. The molecule has 0 radical (unpaired) electrons. The summed E-state index contributed by atoms with van der Waals surface area (Å²) in [5.41, 5.74) is 8.16. The Balaban J connectivity index is 0.000000328. The van der Waals surface area contributed by atoms with Crippen molar-refractivity contribution in [1.29, 1.82) is 0 Å². The third kappa shape index (κ3) is 10.8. The summed E-state index contributed by atoms with van der Waals surface area (Å²) in [6.07, 6.45) is 2.76. The van der Waals surface area contributed by atoms with Crippen LogP contribution < -0.4 is 20.7 Å². The number of amides is 2. The Morgan fingerprint density at radius 2 is 1.87 bits per heavy atom. The van der Waals surface area contributed by atoms with E-state index in [1.165, 1.54) is 6.07 Å². The summed E-state index contributed by atoms with van der Waals surface area (Å²) in [7, 11) is -3.33. The Bertz CT molecular complexity index is 1150. The lowest BCUT2D eigenvalue weighted by molar-refractivity contribution is -0.161.